The molecule has 0 aliphatic carbocycles. The number of carbonyl (C=O) groups is 1. The summed E-state index contributed by atoms with van der Waals surface area (Å²) < 4.78 is 38.6. The molecule has 0 atom stereocenters. The number of carbonyl (C=O) groups excluding carboxylic acids is 1. The zero-order valence-electron chi connectivity index (χ0n) is 6.52. The smallest absolute Gasteiger partial charge is 0.392 e. The Balaban J connectivity index is 3.74. The summed E-state index contributed by atoms with van der Waals surface area (Å²) >= 11 is 0. The van der Waals surface area contributed by atoms with Crippen molar-refractivity contribution in [1.82, 2.24) is 0 Å². The summed E-state index contributed by atoms with van der Waals surface area (Å²) in [4.78, 5) is 10.5. The van der Waals surface area contributed by atoms with Crippen molar-refractivity contribution in [3.05, 3.63) is 12.2 Å². The summed E-state index contributed by atoms with van der Waals surface area (Å²) in [6.45, 7) is 2.18. The Bertz CT molecular complexity index is 251. The Morgan fingerprint density at radius 3 is 2.46 bits per heavy atom. The van der Waals surface area contributed by atoms with Gasteiger partial charge in [0.15, 0.2) is 0 Å². The molecule has 0 rings (SSSR count). The van der Waals surface area contributed by atoms with Gasteiger partial charge in [-0.1, -0.05) is 6.58 Å². The standard InChI is InChI=1S/C7H6F3NO2/c1-5(4-11)6(12)13-3-2-7(8,9)10/h1-3H2. The van der Waals surface area contributed by atoms with E-state index < -0.39 is 30.7 Å². The largest absolute Gasteiger partial charge is 0.461 e. The molecule has 0 aromatic heterocycles. The number of rotatable bonds is 3. The first-order chi connectivity index (χ1) is 5.87. The van der Waals surface area contributed by atoms with Crippen LogP contribution in [0, 0.1) is 11.3 Å². The summed E-state index contributed by atoms with van der Waals surface area (Å²) in [7, 11) is 0. The van der Waals surface area contributed by atoms with Crippen molar-refractivity contribution in [2.45, 2.75) is 12.6 Å². The minimum Gasteiger partial charge on any atom is -0.461 e. The molecule has 3 nitrogen and oxygen atoms in total. The number of hydrogen-bond donors (Lipinski definition) is 0. The van der Waals surface area contributed by atoms with Crippen LogP contribution in [0.2, 0.25) is 0 Å². The van der Waals surface area contributed by atoms with Gasteiger partial charge in [0, 0.05) is 0 Å². The summed E-state index contributed by atoms with van der Waals surface area (Å²) in [6, 6.07) is 1.36. The molecule has 0 saturated carbocycles. The van der Waals surface area contributed by atoms with Crippen LogP contribution in [-0.4, -0.2) is 18.8 Å². The van der Waals surface area contributed by atoms with Crippen LogP contribution in [0.4, 0.5) is 13.2 Å². The van der Waals surface area contributed by atoms with Crippen LogP contribution in [0.15, 0.2) is 12.2 Å². The van der Waals surface area contributed by atoms with Gasteiger partial charge < -0.3 is 4.74 Å². The van der Waals surface area contributed by atoms with E-state index >= 15 is 0 Å². The van der Waals surface area contributed by atoms with E-state index in [4.69, 9.17) is 5.26 Å². The third kappa shape index (κ3) is 5.73. The quantitative estimate of drug-likeness (QED) is 0.388. The lowest BCUT2D eigenvalue weighted by molar-refractivity contribution is -0.155. The average Bonchev–Trinajstić information content (AvgIpc) is 2.00. The molecule has 0 N–H and O–H groups in total. The monoisotopic (exact) mass is 193 g/mol. The van der Waals surface area contributed by atoms with E-state index in [-0.39, 0.29) is 0 Å². The van der Waals surface area contributed by atoms with Gasteiger partial charge >= 0.3 is 12.1 Å². The van der Waals surface area contributed by atoms with Crippen molar-refractivity contribution in [1.29, 1.82) is 5.26 Å². The number of hydrogen-bond acceptors (Lipinski definition) is 3. The highest BCUT2D eigenvalue weighted by atomic mass is 19.4. The molecule has 0 spiro atoms. The minimum atomic E-state index is -4.37. The van der Waals surface area contributed by atoms with E-state index in [0.717, 1.165) is 0 Å². The third-order valence-corrected chi connectivity index (χ3v) is 1.00. The molecule has 72 valence electrons. The lowest BCUT2D eigenvalue weighted by Gasteiger charge is -2.05. The van der Waals surface area contributed by atoms with Gasteiger partial charge in [0.25, 0.3) is 0 Å². The minimum absolute atomic E-state index is 0.512. The van der Waals surface area contributed by atoms with E-state index in [0.29, 0.717) is 0 Å². The molecule has 0 aliphatic rings. The van der Waals surface area contributed by atoms with Crippen molar-refractivity contribution in [3.8, 4) is 6.07 Å². The van der Waals surface area contributed by atoms with Gasteiger partial charge in [0.1, 0.15) is 18.2 Å². The maximum atomic E-state index is 11.5. The lowest BCUT2D eigenvalue weighted by Crippen LogP contribution is -2.15. The Morgan fingerprint density at radius 1 is 1.54 bits per heavy atom. The third-order valence-electron chi connectivity index (χ3n) is 1.00. The van der Waals surface area contributed by atoms with Gasteiger partial charge in [-0.05, 0) is 0 Å². The second-order valence-corrected chi connectivity index (χ2v) is 2.09. The normalized spacial score (nSPS) is 10.3. The maximum absolute atomic E-state index is 11.5. The second kappa shape index (κ2) is 4.50. The molecule has 0 saturated heterocycles. The van der Waals surface area contributed by atoms with E-state index in [1.165, 1.54) is 6.07 Å². The summed E-state index contributed by atoms with van der Waals surface area (Å²) in [5.74, 6) is -1.12. The van der Waals surface area contributed by atoms with Crippen molar-refractivity contribution in [3.63, 3.8) is 0 Å². The van der Waals surface area contributed by atoms with Gasteiger partial charge in [0.05, 0.1) is 6.42 Å². The fourth-order valence-electron chi connectivity index (χ4n) is 0.392. The Labute approximate surface area is 72.4 Å². The number of nitriles is 1. The number of nitrogens with zero attached hydrogens (tertiary/aromatic N) is 1. The van der Waals surface area contributed by atoms with Gasteiger partial charge in [-0.2, -0.15) is 18.4 Å². The molecule has 0 aliphatic heterocycles. The van der Waals surface area contributed by atoms with Crippen LogP contribution >= 0.6 is 0 Å². The predicted octanol–water partition coefficient (Wildman–Crippen LogP) is 1.56. The molecule has 0 unspecified atom stereocenters. The summed E-state index contributed by atoms with van der Waals surface area (Å²) in [6.07, 6.45) is -5.59. The molecule has 0 aromatic rings. The molecular weight excluding hydrogens is 187 g/mol. The molecule has 0 bridgehead atoms. The molecule has 6 heteroatoms. The van der Waals surface area contributed by atoms with E-state index in [2.05, 4.69) is 11.3 Å². The number of halogens is 3. The molecular formula is C7H6F3NO2. The first kappa shape index (κ1) is 11.5. The Hall–Kier alpha value is -1.51. The molecule has 13 heavy (non-hydrogen) atoms. The first-order valence-electron chi connectivity index (χ1n) is 3.19. The van der Waals surface area contributed by atoms with Gasteiger partial charge in [-0.3, -0.25) is 0 Å². The lowest BCUT2D eigenvalue weighted by atomic mass is 10.3. The SMILES string of the molecule is C=C(C#N)C(=O)OCCC(F)(F)F. The highest BCUT2D eigenvalue weighted by Crippen LogP contribution is 2.19. The zero-order chi connectivity index (χ0) is 10.5. The summed E-state index contributed by atoms with van der Waals surface area (Å²) in [5, 5.41) is 8.09. The summed E-state index contributed by atoms with van der Waals surface area (Å²) in [5.41, 5.74) is -0.512. The predicted molar refractivity (Wildman–Crippen MR) is 36.4 cm³/mol. The topological polar surface area (TPSA) is 50.1 Å². The second-order valence-electron chi connectivity index (χ2n) is 2.09. The zero-order valence-corrected chi connectivity index (χ0v) is 6.52. The van der Waals surface area contributed by atoms with Crippen molar-refractivity contribution < 1.29 is 22.7 Å². The van der Waals surface area contributed by atoms with Gasteiger partial charge in [-0.15, -0.1) is 0 Å². The Morgan fingerprint density at radius 2 is 2.08 bits per heavy atom. The number of esters is 1. The van der Waals surface area contributed by atoms with Crippen LogP contribution in [0.25, 0.3) is 0 Å². The maximum Gasteiger partial charge on any atom is 0.392 e. The fraction of sp³-hybridized carbons (Fsp3) is 0.429. The van der Waals surface area contributed by atoms with E-state index in [9.17, 15) is 18.0 Å². The van der Waals surface area contributed by atoms with Crippen molar-refractivity contribution >= 4 is 5.97 Å². The number of alkyl halides is 3. The number of ether oxygens (including phenoxy) is 1. The fourth-order valence-corrected chi connectivity index (χ4v) is 0.392. The van der Waals surface area contributed by atoms with Crippen LogP contribution in [0.5, 0.6) is 0 Å². The molecule has 0 radical (unpaired) electrons. The van der Waals surface area contributed by atoms with Crippen molar-refractivity contribution in [2.75, 3.05) is 6.61 Å². The van der Waals surface area contributed by atoms with Crippen LogP contribution < -0.4 is 0 Å². The van der Waals surface area contributed by atoms with Crippen molar-refractivity contribution in [2.24, 2.45) is 0 Å². The first-order valence-corrected chi connectivity index (χ1v) is 3.19. The molecule has 0 aromatic carbocycles. The highest BCUT2D eigenvalue weighted by Gasteiger charge is 2.27. The molecule has 0 fully saturated rings. The molecule has 0 heterocycles. The van der Waals surface area contributed by atoms with E-state index in [1.54, 1.807) is 0 Å². The van der Waals surface area contributed by atoms with Crippen LogP contribution in [0.3, 0.4) is 0 Å². The van der Waals surface area contributed by atoms with Gasteiger partial charge in [0.2, 0.25) is 0 Å². The highest BCUT2D eigenvalue weighted by molar-refractivity contribution is 5.91. The van der Waals surface area contributed by atoms with Crippen LogP contribution in [-0.2, 0) is 9.53 Å². The Kier molecular flexibility index (Phi) is 3.98. The average molecular weight is 193 g/mol. The van der Waals surface area contributed by atoms with Gasteiger partial charge in [-0.25, -0.2) is 4.79 Å². The molecule has 0 amide bonds. The van der Waals surface area contributed by atoms with E-state index in [1.807, 2.05) is 0 Å². The van der Waals surface area contributed by atoms with Crippen LogP contribution in [0.1, 0.15) is 6.42 Å².